The second-order valence-electron chi connectivity index (χ2n) is 13.5. The molecule has 2 heteroatoms. The SMILES string of the molecule is Cc1cc(Cc2ccccc2)cc(C)c1[Si](Cl)(c1c(C)cc(Cc2ccccc2)cc1C)c1c(C)cc(Cc2ccccc2)cc1C. The number of hydrogen-bond donors (Lipinski definition) is 0. The average Bonchev–Trinajstić information content (AvgIpc) is 3.01. The van der Waals surface area contributed by atoms with Gasteiger partial charge in [0.15, 0.2) is 0 Å². The van der Waals surface area contributed by atoms with Crippen LogP contribution in [0, 0.1) is 41.5 Å². The average molecular weight is 649 g/mol. The highest BCUT2D eigenvalue weighted by molar-refractivity contribution is 7.41. The minimum atomic E-state index is -3.02. The Kier molecular flexibility index (Phi) is 9.69. The van der Waals surface area contributed by atoms with Gasteiger partial charge < -0.3 is 0 Å². The Morgan fingerprint density at radius 2 is 0.553 bits per heavy atom. The molecular weight excluding hydrogens is 604 g/mol. The van der Waals surface area contributed by atoms with Crippen LogP contribution in [0.4, 0.5) is 0 Å². The quantitative estimate of drug-likeness (QED) is 0.0832. The van der Waals surface area contributed by atoms with Gasteiger partial charge in [0, 0.05) is 0 Å². The highest BCUT2D eigenvalue weighted by Crippen LogP contribution is 2.27. The van der Waals surface area contributed by atoms with E-state index in [9.17, 15) is 0 Å². The number of rotatable bonds is 9. The van der Waals surface area contributed by atoms with Crippen LogP contribution >= 0.6 is 11.1 Å². The first-order valence-corrected chi connectivity index (χ1v) is 19.8. The first kappa shape index (κ1) is 32.8. The van der Waals surface area contributed by atoms with Gasteiger partial charge in [-0.25, -0.2) is 0 Å². The standard InChI is InChI=1S/C45H45ClSi/c1-31-22-40(28-37-16-10-7-11-17-37)23-32(2)43(31)47(46,44-33(3)24-41(25-34(44)4)29-38-18-12-8-13-19-38)45-35(5)26-42(27-36(45)6)30-39-20-14-9-15-21-39/h7-27H,28-30H2,1-6H3. The van der Waals surface area contributed by atoms with Crippen LogP contribution < -0.4 is 15.6 Å². The van der Waals surface area contributed by atoms with Gasteiger partial charge in [0.2, 0.25) is 7.38 Å². The Morgan fingerprint density at radius 3 is 0.766 bits per heavy atom. The molecule has 0 radical (unpaired) electrons. The molecule has 236 valence electrons. The molecule has 0 nitrogen and oxygen atoms in total. The molecule has 47 heavy (non-hydrogen) atoms. The molecule has 0 saturated heterocycles. The van der Waals surface area contributed by atoms with E-state index < -0.39 is 7.38 Å². The van der Waals surface area contributed by atoms with Crippen molar-refractivity contribution in [1.82, 2.24) is 0 Å². The predicted molar refractivity (Wildman–Crippen MR) is 206 cm³/mol. The molecule has 0 aliphatic carbocycles. The Hall–Kier alpha value is -4.17. The van der Waals surface area contributed by atoms with Crippen LogP contribution in [-0.2, 0) is 19.3 Å². The Labute approximate surface area is 287 Å². The van der Waals surface area contributed by atoms with E-state index >= 15 is 0 Å². The first-order chi connectivity index (χ1) is 22.6. The lowest BCUT2D eigenvalue weighted by atomic mass is 10.00. The Bertz CT molecular complexity index is 1710. The Morgan fingerprint density at radius 1 is 0.340 bits per heavy atom. The second kappa shape index (κ2) is 13.9. The van der Waals surface area contributed by atoms with Crippen LogP contribution in [0.3, 0.4) is 0 Å². The maximum absolute atomic E-state index is 8.52. The molecule has 6 aromatic carbocycles. The van der Waals surface area contributed by atoms with Crippen LogP contribution in [0.2, 0.25) is 0 Å². The summed E-state index contributed by atoms with van der Waals surface area (Å²) in [6.07, 6.45) is 2.74. The number of hydrogen-bond acceptors (Lipinski definition) is 0. The van der Waals surface area contributed by atoms with Crippen LogP contribution in [0.25, 0.3) is 0 Å². The summed E-state index contributed by atoms with van der Waals surface area (Å²) in [6, 6.07) is 46.6. The lowest BCUT2D eigenvalue weighted by Gasteiger charge is -2.35. The summed E-state index contributed by atoms with van der Waals surface area (Å²) < 4.78 is 0. The van der Waals surface area contributed by atoms with E-state index in [1.54, 1.807) is 0 Å². The van der Waals surface area contributed by atoms with Crippen LogP contribution in [0.1, 0.15) is 66.8 Å². The molecule has 0 spiro atoms. The van der Waals surface area contributed by atoms with Crippen molar-refractivity contribution >= 4 is 34.0 Å². The zero-order valence-electron chi connectivity index (χ0n) is 28.6. The van der Waals surface area contributed by atoms with Crippen molar-refractivity contribution in [2.24, 2.45) is 0 Å². The maximum Gasteiger partial charge on any atom is 0.249 e. The highest BCUT2D eigenvalue weighted by Gasteiger charge is 2.44. The normalized spacial score (nSPS) is 11.6. The van der Waals surface area contributed by atoms with Gasteiger partial charge in [-0.15, -0.1) is 11.1 Å². The van der Waals surface area contributed by atoms with Crippen molar-refractivity contribution in [2.75, 3.05) is 0 Å². The molecule has 0 fully saturated rings. The van der Waals surface area contributed by atoms with E-state index in [-0.39, 0.29) is 0 Å². The molecule has 0 N–H and O–H groups in total. The smallest absolute Gasteiger partial charge is 0.149 e. The van der Waals surface area contributed by atoms with E-state index in [1.807, 2.05) is 0 Å². The topological polar surface area (TPSA) is 0 Å². The van der Waals surface area contributed by atoms with Crippen molar-refractivity contribution in [3.05, 3.63) is 194 Å². The molecule has 6 rings (SSSR count). The van der Waals surface area contributed by atoms with Gasteiger partial charge in [-0.2, -0.15) is 0 Å². The van der Waals surface area contributed by atoms with Crippen molar-refractivity contribution in [3.8, 4) is 0 Å². The molecule has 0 aliphatic heterocycles. The first-order valence-electron chi connectivity index (χ1n) is 16.8. The van der Waals surface area contributed by atoms with Gasteiger partial charge in [0.1, 0.15) is 0 Å². The zero-order valence-corrected chi connectivity index (χ0v) is 30.4. The maximum atomic E-state index is 8.52. The van der Waals surface area contributed by atoms with Crippen molar-refractivity contribution in [2.45, 2.75) is 60.8 Å². The number of halogens is 1. The summed E-state index contributed by atoms with van der Waals surface area (Å²) in [6.45, 7) is 13.7. The van der Waals surface area contributed by atoms with Gasteiger partial charge in [-0.3, -0.25) is 0 Å². The zero-order chi connectivity index (χ0) is 33.1. The lowest BCUT2D eigenvalue weighted by molar-refractivity contribution is 1.17. The summed E-state index contributed by atoms with van der Waals surface area (Å²) >= 11 is 8.52. The third kappa shape index (κ3) is 6.93. The number of benzene rings is 6. The third-order valence-electron chi connectivity index (χ3n) is 9.56. The van der Waals surface area contributed by atoms with E-state index in [4.69, 9.17) is 11.1 Å². The van der Waals surface area contributed by atoms with Crippen LogP contribution in [0.5, 0.6) is 0 Å². The molecule has 0 amide bonds. The van der Waals surface area contributed by atoms with Gasteiger partial charge in [-0.05, 0) is 143 Å². The van der Waals surface area contributed by atoms with Gasteiger partial charge in [-0.1, -0.05) is 127 Å². The Balaban J connectivity index is 1.53. The largest absolute Gasteiger partial charge is 0.249 e. The highest BCUT2D eigenvalue weighted by atomic mass is 35.6. The molecular formula is C45H45ClSi. The minimum Gasteiger partial charge on any atom is -0.149 e. The second-order valence-corrected chi connectivity index (χ2v) is 18.0. The molecule has 6 aromatic rings. The van der Waals surface area contributed by atoms with E-state index in [0.717, 1.165) is 19.3 Å². The van der Waals surface area contributed by atoms with E-state index in [0.29, 0.717) is 0 Å². The summed E-state index contributed by atoms with van der Waals surface area (Å²) in [5.41, 5.74) is 15.7. The van der Waals surface area contributed by atoms with Gasteiger partial charge in [0.25, 0.3) is 0 Å². The number of aryl methyl sites for hydroxylation is 6. The lowest BCUT2D eigenvalue weighted by Crippen LogP contribution is -2.67. The molecule has 0 atom stereocenters. The molecule has 0 aromatic heterocycles. The fourth-order valence-electron chi connectivity index (χ4n) is 7.97. The van der Waals surface area contributed by atoms with Crippen molar-refractivity contribution in [1.29, 1.82) is 0 Å². The molecule has 0 saturated carbocycles. The van der Waals surface area contributed by atoms with Crippen molar-refractivity contribution < 1.29 is 0 Å². The summed E-state index contributed by atoms with van der Waals surface area (Å²) in [4.78, 5) is 0. The minimum absolute atomic E-state index is 0.915. The molecule has 0 aliphatic rings. The monoisotopic (exact) mass is 648 g/mol. The fraction of sp³-hybridized carbons (Fsp3) is 0.200. The van der Waals surface area contributed by atoms with Gasteiger partial charge in [0.05, 0.1) is 0 Å². The molecule has 0 bridgehead atoms. The van der Waals surface area contributed by atoms with Crippen molar-refractivity contribution in [3.63, 3.8) is 0 Å². The van der Waals surface area contributed by atoms with E-state index in [2.05, 4.69) is 169 Å². The van der Waals surface area contributed by atoms with Crippen LogP contribution in [0.15, 0.2) is 127 Å². The predicted octanol–water partition coefficient (Wildman–Crippen LogP) is 9.52. The third-order valence-corrected chi connectivity index (χ3v) is 15.7. The molecule has 0 unspecified atom stereocenters. The van der Waals surface area contributed by atoms with Crippen LogP contribution in [-0.4, -0.2) is 7.38 Å². The summed E-state index contributed by atoms with van der Waals surface area (Å²) in [5, 5.41) is 4.00. The summed E-state index contributed by atoms with van der Waals surface area (Å²) in [7, 11) is -3.02. The fourth-order valence-corrected chi connectivity index (χ4v) is 15.1. The molecule has 0 heterocycles. The van der Waals surface area contributed by atoms with Gasteiger partial charge >= 0.3 is 0 Å². The summed E-state index contributed by atoms with van der Waals surface area (Å²) in [5.74, 6) is 0. The van der Waals surface area contributed by atoms with E-state index in [1.165, 1.54) is 82.3 Å².